The fourth-order valence-electron chi connectivity index (χ4n) is 1.83. The normalized spacial score (nSPS) is 10.0. The van der Waals surface area contributed by atoms with Crippen LogP contribution in [0.25, 0.3) is 0 Å². The van der Waals surface area contributed by atoms with Crippen LogP contribution in [0.2, 0.25) is 0 Å². The van der Waals surface area contributed by atoms with Crippen molar-refractivity contribution in [2.24, 2.45) is 0 Å². The van der Waals surface area contributed by atoms with E-state index in [2.05, 4.69) is 10.3 Å². The second-order valence-electron chi connectivity index (χ2n) is 4.87. The number of hydrogen-bond donors (Lipinski definition) is 1. The second kappa shape index (κ2) is 7.04. The molecular weight excluding hydrogens is 284 g/mol. The molecule has 0 bridgehead atoms. The first-order chi connectivity index (χ1) is 10.1. The Hall–Kier alpha value is -2.14. The molecule has 5 heteroatoms. The second-order valence-corrected chi connectivity index (χ2v) is 5.99. The van der Waals surface area contributed by atoms with E-state index in [1.807, 2.05) is 38.1 Å². The van der Waals surface area contributed by atoms with Crippen LogP contribution in [0.3, 0.4) is 0 Å². The fourth-order valence-corrected chi connectivity index (χ4v) is 2.68. The van der Waals surface area contributed by atoms with Gasteiger partial charge >= 0.3 is 0 Å². The number of benzene rings is 1. The first kappa shape index (κ1) is 15.3. The molecular formula is C16H18N2O2S. The molecule has 0 atom stereocenters. The van der Waals surface area contributed by atoms with Crippen LogP contribution in [0.5, 0.6) is 5.75 Å². The van der Waals surface area contributed by atoms with E-state index in [1.54, 1.807) is 19.4 Å². The average Bonchev–Trinajstić information content (AvgIpc) is 2.85. The summed E-state index contributed by atoms with van der Waals surface area (Å²) >= 11 is 1.48. The predicted molar refractivity (Wildman–Crippen MR) is 86.0 cm³/mol. The van der Waals surface area contributed by atoms with Gasteiger partial charge in [0.05, 0.1) is 7.11 Å². The Kier molecular flexibility index (Phi) is 5.11. The summed E-state index contributed by atoms with van der Waals surface area (Å²) in [4.78, 5) is 17.0. The number of anilines is 1. The maximum Gasteiger partial charge on any atom is 0.250 e. The number of ether oxygens (including phenoxy) is 1. The number of hydrogen-bond acceptors (Lipinski definition) is 4. The molecule has 0 fully saturated rings. The molecule has 21 heavy (non-hydrogen) atoms. The van der Waals surface area contributed by atoms with Crippen molar-refractivity contribution in [2.75, 3.05) is 12.4 Å². The van der Waals surface area contributed by atoms with Crippen molar-refractivity contribution in [1.82, 2.24) is 4.98 Å². The lowest BCUT2D eigenvalue weighted by Crippen LogP contribution is -2.07. The fraction of sp³-hybridized carbons (Fsp3) is 0.250. The van der Waals surface area contributed by atoms with Crippen LogP contribution in [0, 0.1) is 0 Å². The highest BCUT2D eigenvalue weighted by Gasteiger charge is 2.06. The summed E-state index contributed by atoms with van der Waals surface area (Å²) in [5.41, 5.74) is 2.11. The molecule has 1 aromatic carbocycles. The Morgan fingerprint density at radius 3 is 2.95 bits per heavy atom. The third kappa shape index (κ3) is 4.72. The molecule has 2 rings (SSSR count). The third-order valence-electron chi connectivity index (χ3n) is 2.72. The van der Waals surface area contributed by atoms with Crippen LogP contribution < -0.4 is 10.1 Å². The van der Waals surface area contributed by atoms with E-state index in [4.69, 9.17) is 4.74 Å². The van der Waals surface area contributed by atoms with Gasteiger partial charge in [0.25, 0.3) is 0 Å². The van der Waals surface area contributed by atoms with Crippen LogP contribution in [0.1, 0.15) is 24.3 Å². The molecule has 0 saturated carbocycles. The van der Waals surface area contributed by atoms with Gasteiger partial charge in [-0.2, -0.15) is 0 Å². The Morgan fingerprint density at radius 2 is 2.24 bits per heavy atom. The van der Waals surface area contributed by atoms with E-state index in [-0.39, 0.29) is 5.91 Å². The number of nitrogens with one attached hydrogen (secondary N) is 1. The van der Waals surface area contributed by atoms with Gasteiger partial charge in [0.15, 0.2) is 5.13 Å². The molecule has 0 spiro atoms. The number of carbonyl (C=O) groups excluding carboxylic acids is 1. The molecule has 1 N–H and O–H groups in total. The van der Waals surface area contributed by atoms with Gasteiger partial charge in [0.1, 0.15) is 5.75 Å². The number of thiazole rings is 1. The number of rotatable bonds is 5. The van der Waals surface area contributed by atoms with Gasteiger partial charge in [-0.15, -0.1) is 11.3 Å². The molecule has 1 heterocycles. The largest absolute Gasteiger partial charge is 0.497 e. The molecule has 0 unspecified atom stereocenters. The summed E-state index contributed by atoms with van der Waals surface area (Å²) in [6.45, 7) is 3.77. The number of amides is 1. The van der Waals surface area contributed by atoms with E-state index < -0.39 is 0 Å². The van der Waals surface area contributed by atoms with E-state index in [9.17, 15) is 4.79 Å². The Bertz CT molecular complexity index is 658. The van der Waals surface area contributed by atoms with Crippen LogP contribution in [-0.4, -0.2) is 18.0 Å². The van der Waals surface area contributed by atoms with Crippen molar-refractivity contribution < 1.29 is 9.53 Å². The van der Waals surface area contributed by atoms with Crippen molar-refractivity contribution >= 4 is 22.4 Å². The number of carbonyl (C=O) groups is 1. The minimum atomic E-state index is -0.141. The molecule has 0 aliphatic heterocycles. The summed E-state index contributed by atoms with van der Waals surface area (Å²) < 4.78 is 5.21. The van der Waals surface area contributed by atoms with Gasteiger partial charge in [0.2, 0.25) is 5.91 Å². The summed E-state index contributed by atoms with van der Waals surface area (Å²) in [7, 11) is 1.66. The van der Waals surface area contributed by atoms with Crippen molar-refractivity contribution in [2.45, 2.75) is 20.3 Å². The summed E-state index contributed by atoms with van der Waals surface area (Å²) in [5, 5.41) is 3.39. The Labute approximate surface area is 128 Å². The maximum atomic E-state index is 11.6. The molecule has 0 aliphatic carbocycles. The van der Waals surface area contributed by atoms with Crippen LogP contribution in [0.4, 0.5) is 5.13 Å². The number of nitrogens with zero attached hydrogens (tertiary/aromatic N) is 1. The molecule has 2 aromatic rings. The average molecular weight is 302 g/mol. The molecule has 0 saturated heterocycles. The van der Waals surface area contributed by atoms with E-state index in [0.717, 1.165) is 28.2 Å². The monoisotopic (exact) mass is 302 g/mol. The van der Waals surface area contributed by atoms with Gasteiger partial charge in [-0.05, 0) is 31.5 Å². The zero-order chi connectivity index (χ0) is 15.2. The van der Waals surface area contributed by atoms with Crippen molar-refractivity contribution in [3.05, 3.63) is 52.6 Å². The van der Waals surface area contributed by atoms with Gasteiger partial charge in [-0.3, -0.25) is 10.1 Å². The summed E-state index contributed by atoms with van der Waals surface area (Å²) in [5.74, 6) is 0.700. The highest BCUT2D eigenvalue weighted by atomic mass is 32.1. The zero-order valence-electron chi connectivity index (χ0n) is 12.3. The molecule has 0 aliphatic rings. The Morgan fingerprint density at radius 1 is 1.43 bits per heavy atom. The third-order valence-corrected chi connectivity index (χ3v) is 3.63. The van der Waals surface area contributed by atoms with E-state index in [1.165, 1.54) is 11.3 Å². The van der Waals surface area contributed by atoms with E-state index >= 15 is 0 Å². The lowest BCUT2D eigenvalue weighted by Gasteiger charge is -2.02. The lowest BCUT2D eigenvalue weighted by atomic mass is 10.1. The van der Waals surface area contributed by atoms with Crippen LogP contribution in [0.15, 0.2) is 42.1 Å². The van der Waals surface area contributed by atoms with Gasteiger partial charge in [-0.1, -0.05) is 17.7 Å². The first-order valence-electron chi connectivity index (χ1n) is 6.60. The molecule has 4 nitrogen and oxygen atoms in total. The zero-order valence-corrected chi connectivity index (χ0v) is 13.2. The van der Waals surface area contributed by atoms with Gasteiger partial charge in [-0.25, -0.2) is 4.98 Å². The number of methoxy groups -OCH3 is 1. The quantitative estimate of drug-likeness (QED) is 0.858. The maximum absolute atomic E-state index is 11.6. The molecule has 0 radical (unpaired) electrons. The minimum Gasteiger partial charge on any atom is -0.497 e. The Balaban J connectivity index is 2.03. The SMILES string of the molecule is COc1cccc(Cc2cnc(NC(=O)C=C(C)C)s2)c1. The van der Waals surface area contributed by atoms with Gasteiger partial charge < -0.3 is 4.74 Å². The van der Waals surface area contributed by atoms with Crippen LogP contribution >= 0.6 is 11.3 Å². The first-order valence-corrected chi connectivity index (χ1v) is 7.42. The van der Waals surface area contributed by atoms with Crippen molar-refractivity contribution in [3.63, 3.8) is 0 Å². The number of aromatic nitrogens is 1. The summed E-state index contributed by atoms with van der Waals surface area (Å²) in [6.07, 6.45) is 4.12. The van der Waals surface area contributed by atoms with Crippen molar-refractivity contribution in [1.29, 1.82) is 0 Å². The molecule has 1 aromatic heterocycles. The smallest absolute Gasteiger partial charge is 0.250 e. The molecule has 1 amide bonds. The molecule has 110 valence electrons. The summed E-state index contributed by atoms with van der Waals surface area (Å²) in [6, 6.07) is 7.93. The van der Waals surface area contributed by atoms with E-state index in [0.29, 0.717) is 5.13 Å². The highest BCUT2D eigenvalue weighted by molar-refractivity contribution is 7.15. The lowest BCUT2D eigenvalue weighted by molar-refractivity contribution is -0.111. The standard InChI is InChI=1S/C16H18N2O2S/c1-11(2)7-15(19)18-16-17-10-14(21-16)9-12-5-4-6-13(8-12)20-3/h4-8,10H,9H2,1-3H3,(H,17,18,19). The number of allylic oxidation sites excluding steroid dienone is 1. The predicted octanol–water partition coefficient (Wildman–Crippen LogP) is 3.65. The van der Waals surface area contributed by atoms with Gasteiger partial charge in [0, 0.05) is 23.6 Å². The van der Waals surface area contributed by atoms with Crippen LogP contribution in [-0.2, 0) is 11.2 Å². The minimum absolute atomic E-state index is 0.141. The van der Waals surface area contributed by atoms with Crippen molar-refractivity contribution in [3.8, 4) is 5.75 Å². The highest BCUT2D eigenvalue weighted by Crippen LogP contribution is 2.23. The topological polar surface area (TPSA) is 51.2 Å².